The number of likely N-dealkylation sites (tertiary alicyclic amines) is 2. The predicted octanol–water partition coefficient (Wildman–Crippen LogP) is 3.10. The highest BCUT2D eigenvalue weighted by atomic mass is 16.5. The number of nitrogens with one attached hydrogen (secondary N) is 1. The molecule has 0 radical (unpaired) electrons. The van der Waals surface area contributed by atoms with Crippen LogP contribution < -0.4 is 5.32 Å². The molecule has 0 unspecified atom stereocenters. The second-order valence-electron chi connectivity index (χ2n) is 8.28. The molecule has 0 aliphatic carbocycles. The van der Waals surface area contributed by atoms with Crippen LogP contribution in [0.25, 0.3) is 0 Å². The number of amides is 3. The molecule has 1 N–H and O–H groups in total. The highest BCUT2D eigenvalue weighted by Gasteiger charge is 2.42. The van der Waals surface area contributed by atoms with Gasteiger partial charge in [0.2, 0.25) is 5.91 Å². The van der Waals surface area contributed by atoms with Gasteiger partial charge in [-0.25, -0.2) is 9.59 Å². The standard InChI is InChI=1S/C25H29N3O4/c29-23(21-13-7-16-28(21)25(31)26-17-19-9-3-1-4-10-19)27-15-8-14-22(27)24(30)32-18-20-11-5-2-6-12-20/h1-6,9-12,21-22H,7-8,13-18H2,(H,26,31)/t21-,22-/m0/s1. The Morgan fingerprint density at radius 2 is 1.41 bits per heavy atom. The van der Waals surface area contributed by atoms with Gasteiger partial charge >= 0.3 is 12.0 Å². The van der Waals surface area contributed by atoms with Crippen LogP contribution in [0.3, 0.4) is 0 Å². The van der Waals surface area contributed by atoms with E-state index < -0.39 is 12.1 Å². The molecule has 2 aromatic rings. The molecule has 2 aromatic carbocycles. The molecule has 2 atom stereocenters. The molecule has 0 aromatic heterocycles. The van der Waals surface area contributed by atoms with E-state index in [2.05, 4.69) is 5.32 Å². The minimum atomic E-state index is -0.582. The molecule has 168 valence electrons. The van der Waals surface area contributed by atoms with Crippen LogP contribution in [0.15, 0.2) is 60.7 Å². The Balaban J connectivity index is 1.35. The van der Waals surface area contributed by atoms with Crippen molar-refractivity contribution in [2.24, 2.45) is 0 Å². The van der Waals surface area contributed by atoms with Crippen molar-refractivity contribution in [1.82, 2.24) is 15.1 Å². The van der Waals surface area contributed by atoms with Crippen molar-refractivity contribution in [3.05, 3.63) is 71.8 Å². The van der Waals surface area contributed by atoms with Gasteiger partial charge in [-0.2, -0.15) is 0 Å². The van der Waals surface area contributed by atoms with Crippen molar-refractivity contribution in [1.29, 1.82) is 0 Å². The molecule has 3 amide bonds. The Labute approximate surface area is 188 Å². The van der Waals surface area contributed by atoms with Crippen molar-refractivity contribution >= 4 is 17.9 Å². The molecule has 0 bridgehead atoms. The van der Waals surface area contributed by atoms with Crippen LogP contribution in [0.1, 0.15) is 36.8 Å². The lowest BCUT2D eigenvalue weighted by atomic mass is 10.1. The molecule has 2 heterocycles. The van der Waals surface area contributed by atoms with Crippen LogP contribution in [0.5, 0.6) is 0 Å². The first-order valence-electron chi connectivity index (χ1n) is 11.2. The first-order valence-corrected chi connectivity index (χ1v) is 11.2. The smallest absolute Gasteiger partial charge is 0.329 e. The summed E-state index contributed by atoms with van der Waals surface area (Å²) in [7, 11) is 0. The van der Waals surface area contributed by atoms with Gasteiger partial charge in [-0.15, -0.1) is 0 Å². The molecule has 2 fully saturated rings. The Hall–Kier alpha value is -3.35. The van der Waals surface area contributed by atoms with E-state index in [1.54, 1.807) is 9.80 Å². The van der Waals surface area contributed by atoms with Gasteiger partial charge in [0.25, 0.3) is 0 Å². The van der Waals surface area contributed by atoms with Crippen molar-refractivity contribution in [2.45, 2.75) is 50.9 Å². The molecule has 0 saturated carbocycles. The van der Waals surface area contributed by atoms with E-state index in [1.165, 1.54) is 0 Å². The second kappa shape index (κ2) is 10.3. The Morgan fingerprint density at radius 3 is 2.09 bits per heavy atom. The van der Waals surface area contributed by atoms with Crippen molar-refractivity contribution in [2.75, 3.05) is 13.1 Å². The Kier molecular flexibility index (Phi) is 7.04. The number of carbonyl (C=O) groups excluding carboxylic acids is 3. The lowest BCUT2D eigenvalue weighted by molar-refractivity contribution is -0.155. The van der Waals surface area contributed by atoms with Gasteiger partial charge in [0.15, 0.2) is 0 Å². The van der Waals surface area contributed by atoms with Gasteiger partial charge < -0.3 is 19.9 Å². The summed E-state index contributed by atoms with van der Waals surface area (Å²) in [5.74, 6) is -0.533. The monoisotopic (exact) mass is 435 g/mol. The topological polar surface area (TPSA) is 79.0 Å². The second-order valence-corrected chi connectivity index (χ2v) is 8.28. The lowest BCUT2D eigenvalue weighted by Crippen LogP contribution is -2.53. The molecule has 0 spiro atoms. The fourth-order valence-corrected chi connectivity index (χ4v) is 4.43. The normalized spacial score (nSPS) is 20.2. The zero-order valence-electron chi connectivity index (χ0n) is 18.1. The van der Waals surface area contributed by atoms with Gasteiger partial charge in [0, 0.05) is 19.6 Å². The number of hydrogen-bond acceptors (Lipinski definition) is 4. The number of ether oxygens (including phenoxy) is 1. The van der Waals surface area contributed by atoms with Crippen molar-refractivity contribution in [3.8, 4) is 0 Å². The van der Waals surface area contributed by atoms with Crippen LogP contribution in [0.2, 0.25) is 0 Å². The van der Waals surface area contributed by atoms with Crippen molar-refractivity contribution < 1.29 is 19.1 Å². The molecular weight excluding hydrogens is 406 g/mol. The van der Waals surface area contributed by atoms with E-state index in [9.17, 15) is 14.4 Å². The summed E-state index contributed by atoms with van der Waals surface area (Å²) in [5, 5.41) is 2.91. The average molecular weight is 436 g/mol. The maximum absolute atomic E-state index is 13.3. The highest BCUT2D eigenvalue weighted by Crippen LogP contribution is 2.26. The summed E-state index contributed by atoms with van der Waals surface area (Å²) in [4.78, 5) is 42.0. The number of nitrogens with zero attached hydrogens (tertiary/aromatic N) is 2. The van der Waals surface area contributed by atoms with E-state index in [-0.39, 0.29) is 24.5 Å². The lowest BCUT2D eigenvalue weighted by Gasteiger charge is -2.30. The third-order valence-electron chi connectivity index (χ3n) is 6.12. The van der Waals surface area contributed by atoms with Gasteiger partial charge in [0.1, 0.15) is 18.7 Å². The van der Waals surface area contributed by atoms with Gasteiger partial charge in [-0.05, 0) is 36.8 Å². The molecule has 4 rings (SSSR count). The summed E-state index contributed by atoms with van der Waals surface area (Å²) in [5.41, 5.74) is 1.91. The number of hydrogen-bond donors (Lipinski definition) is 1. The van der Waals surface area contributed by atoms with Crippen LogP contribution >= 0.6 is 0 Å². The van der Waals surface area contributed by atoms with E-state index >= 15 is 0 Å². The highest BCUT2D eigenvalue weighted by molar-refractivity contribution is 5.91. The number of carbonyl (C=O) groups is 3. The van der Waals surface area contributed by atoms with E-state index in [4.69, 9.17) is 4.74 Å². The average Bonchev–Trinajstić information content (AvgIpc) is 3.52. The predicted molar refractivity (Wildman–Crippen MR) is 119 cm³/mol. The number of rotatable bonds is 6. The Morgan fingerprint density at radius 1 is 0.812 bits per heavy atom. The summed E-state index contributed by atoms with van der Waals surface area (Å²) in [6.07, 6.45) is 2.72. The van der Waals surface area contributed by atoms with E-state index in [0.29, 0.717) is 32.5 Å². The largest absolute Gasteiger partial charge is 0.459 e. The molecule has 32 heavy (non-hydrogen) atoms. The zero-order chi connectivity index (χ0) is 22.3. The fraction of sp³-hybridized carbons (Fsp3) is 0.400. The molecule has 2 aliphatic heterocycles. The minimum absolute atomic E-state index is 0.156. The third-order valence-corrected chi connectivity index (χ3v) is 6.12. The molecule has 2 saturated heterocycles. The summed E-state index contributed by atoms with van der Waals surface area (Å²) < 4.78 is 5.49. The molecule has 2 aliphatic rings. The maximum Gasteiger partial charge on any atom is 0.329 e. The third kappa shape index (κ3) is 5.10. The van der Waals surface area contributed by atoms with Crippen LogP contribution in [0.4, 0.5) is 4.79 Å². The van der Waals surface area contributed by atoms with Gasteiger partial charge in [0.05, 0.1) is 0 Å². The van der Waals surface area contributed by atoms with Crippen molar-refractivity contribution in [3.63, 3.8) is 0 Å². The quantitative estimate of drug-likeness (QED) is 0.708. The zero-order valence-corrected chi connectivity index (χ0v) is 18.1. The maximum atomic E-state index is 13.3. The first kappa shape index (κ1) is 21.9. The SMILES string of the molecule is O=C(OCc1ccccc1)[C@@H]1CCCN1C(=O)[C@@H]1CCCN1C(=O)NCc1ccccc1. The summed E-state index contributed by atoms with van der Waals surface area (Å²) in [6, 6.07) is 17.8. The molecular formula is C25H29N3O4. The van der Waals surface area contributed by atoms with Crippen LogP contribution in [0, 0.1) is 0 Å². The van der Waals surface area contributed by atoms with E-state index in [0.717, 1.165) is 24.0 Å². The number of esters is 1. The molecule has 7 heteroatoms. The minimum Gasteiger partial charge on any atom is -0.459 e. The van der Waals surface area contributed by atoms with Gasteiger partial charge in [-0.3, -0.25) is 4.79 Å². The number of benzene rings is 2. The summed E-state index contributed by atoms with van der Waals surface area (Å²) >= 11 is 0. The molecule has 7 nitrogen and oxygen atoms in total. The first-order chi connectivity index (χ1) is 15.6. The van der Waals surface area contributed by atoms with Crippen LogP contribution in [-0.2, 0) is 27.5 Å². The van der Waals surface area contributed by atoms with E-state index in [1.807, 2.05) is 60.7 Å². The Bertz CT molecular complexity index is 859. The van der Waals surface area contributed by atoms with Gasteiger partial charge in [-0.1, -0.05) is 60.7 Å². The van der Waals surface area contributed by atoms with Crippen LogP contribution in [-0.4, -0.2) is 52.9 Å². The summed E-state index contributed by atoms with van der Waals surface area (Å²) in [6.45, 7) is 1.65. The fourth-order valence-electron chi connectivity index (χ4n) is 4.43. The number of urea groups is 1.